The second-order valence-corrected chi connectivity index (χ2v) is 6.68. The van der Waals surface area contributed by atoms with Crippen LogP contribution in [0.25, 0.3) is 0 Å². The molecule has 104 valence electrons. The van der Waals surface area contributed by atoms with Gasteiger partial charge in [-0.3, -0.25) is 4.84 Å². The average Bonchev–Trinajstić information content (AvgIpc) is 2.32. The van der Waals surface area contributed by atoms with Gasteiger partial charge in [0.05, 0.1) is 16.0 Å². The Kier molecular flexibility index (Phi) is 5.97. The summed E-state index contributed by atoms with van der Waals surface area (Å²) >= 11 is 13.4. The SMILES string of the molecule is CNC(=O)O/N=C/C(C)(C)Sc1ccc(Cl)cc1Cl. The summed E-state index contributed by atoms with van der Waals surface area (Å²) < 4.78 is -0.383. The van der Waals surface area contributed by atoms with Crippen molar-refractivity contribution in [3.05, 3.63) is 28.2 Å². The van der Waals surface area contributed by atoms with E-state index in [1.807, 2.05) is 19.9 Å². The van der Waals surface area contributed by atoms with Gasteiger partial charge in [0.15, 0.2) is 0 Å². The van der Waals surface area contributed by atoms with Gasteiger partial charge >= 0.3 is 6.09 Å². The van der Waals surface area contributed by atoms with Crippen LogP contribution in [-0.2, 0) is 4.84 Å². The van der Waals surface area contributed by atoms with E-state index >= 15 is 0 Å². The molecule has 0 heterocycles. The number of hydrogen-bond acceptors (Lipinski definition) is 4. The van der Waals surface area contributed by atoms with E-state index in [0.717, 1.165) is 4.90 Å². The highest BCUT2D eigenvalue weighted by atomic mass is 35.5. The molecule has 0 atom stereocenters. The Morgan fingerprint density at radius 2 is 2.16 bits per heavy atom. The van der Waals surface area contributed by atoms with Crippen molar-refractivity contribution in [1.82, 2.24) is 5.32 Å². The van der Waals surface area contributed by atoms with Crippen LogP contribution in [0.2, 0.25) is 10.0 Å². The summed E-state index contributed by atoms with van der Waals surface area (Å²) in [5.41, 5.74) is 0. The van der Waals surface area contributed by atoms with Gasteiger partial charge in [-0.1, -0.05) is 28.4 Å². The van der Waals surface area contributed by atoms with Crippen LogP contribution in [0.1, 0.15) is 13.8 Å². The minimum absolute atomic E-state index is 0.383. The lowest BCUT2D eigenvalue weighted by Crippen LogP contribution is -2.20. The number of benzene rings is 1. The molecule has 19 heavy (non-hydrogen) atoms. The molecule has 1 amide bonds. The number of thioether (sulfide) groups is 1. The minimum Gasteiger partial charge on any atom is -0.323 e. The summed E-state index contributed by atoms with van der Waals surface area (Å²) in [5.74, 6) is 0. The second kappa shape index (κ2) is 7.03. The Morgan fingerprint density at radius 3 is 2.74 bits per heavy atom. The molecule has 0 aliphatic rings. The molecule has 1 aromatic carbocycles. The molecule has 0 unspecified atom stereocenters. The van der Waals surface area contributed by atoms with Crippen LogP contribution in [0.4, 0.5) is 4.79 Å². The third-order valence-corrected chi connectivity index (χ3v) is 3.84. The number of hydrogen-bond donors (Lipinski definition) is 1. The number of oxime groups is 1. The highest BCUT2D eigenvalue weighted by Crippen LogP contribution is 2.36. The third-order valence-electron chi connectivity index (χ3n) is 1.97. The van der Waals surface area contributed by atoms with Gasteiger partial charge < -0.3 is 5.32 Å². The quantitative estimate of drug-likeness (QED) is 0.391. The number of carbonyl (C=O) groups is 1. The predicted molar refractivity (Wildman–Crippen MR) is 80.4 cm³/mol. The van der Waals surface area contributed by atoms with E-state index in [0.29, 0.717) is 10.0 Å². The Labute approximate surface area is 126 Å². The fraction of sp³-hybridized carbons (Fsp3) is 0.333. The number of carbonyl (C=O) groups excluding carboxylic acids is 1. The minimum atomic E-state index is -0.610. The van der Waals surface area contributed by atoms with E-state index in [-0.39, 0.29) is 4.75 Å². The summed E-state index contributed by atoms with van der Waals surface area (Å²) in [6, 6.07) is 5.29. The molecule has 0 radical (unpaired) electrons. The van der Waals surface area contributed by atoms with E-state index < -0.39 is 6.09 Å². The molecule has 0 aromatic heterocycles. The summed E-state index contributed by atoms with van der Waals surface area (Å²) in [7, 11) is 1.46. The summed E-state index contributed by atoms with van der Waals surface area (Å²) in [4.78, 5) is 16.3. The van der Waals surface area contributed by atoms with E-state index in [2.05, 4.69) is 15.3 Å². The highest BCUT2D eigenvalue weighted by Gasteiger charge is 2.19. The summed E-state index contributed by atoms with van der Waals surface area (Å²) in [5, 5.41) is 7.09. The van der Waals surface area contributed by atoms with Crippen LogP contribution < -0.4 is 5.32 Å². The summed E-state index contributed by atoms with van der Waals surface area (Å²) in [6.45, 7) is 3.86. The normalized spacial score (nSPS) is 11.6. The van der Waals surface area contributed by atoms with Gasteiger partial charge in [0.2, 0.25) is 0 Å². The predicted octanol–water partition coefficient (Wildman–Crippen LogP) is 4.21. The first kappa shape index (κ1) is 16.1. The standard InChI is InChI=1S/C12H14Cl2N2O2S/c1-12(2,7-16-18-11(17)15-3)19-10-5-4-8(13)6-9(10)14/h4-7H,1-3H3,(H,15,17)/b16-7+. The summed E-state index contributed by atoms with van der Waals surface area (Å²) in [6.07, 6.45) is 0.930. The fourth-order valence-electron chi connectivity index (χ4n) is 1.11. The van der Waals surface area contributed by atoms with E-state index in [4.69, 9.17) is 23.2 Å². The first-order valence-electron chi connectivity index (χ1n) is 5.41. The van der Waals surface area contributed by atoms with Gasteiger partial charge in [0.1, 0.15) is 0 Å². The van der Waals surface area contributed by atoms with Crippen molar-refractivity contribution in [3.63, 3.8) is 0 Å². The van der Waals surface area contributed by atoms with Crippen molar-refractivity contribution in [2.75, 3.05) is 7.05 Å². The van der Waals surface area contributed by atoms with Crippen molar-refractivity contribution >= 4 is 47.3 Å². The van der Waals surface area contributed by atoms with E-state index in [1.165, 1.54) is 25.0 Å². The lowest BCUT2D eigenvalue weighted by Gasteiger charge is -2.18. The molecule has 0 fully saturated rings. The van der Waals surface area contributed by atoms with E-state index in [1.54, 1.807) is 12.1 Å². The van der Waals surface area contributed by atoms with Crippen molar-refractivity contribution in [2.45, 2.75) is 23.5 Å². The molecular formula is C12H14Cl2N2O2S. The zero-order chi connectivity index (χ0) is 14.5. The molecule has 4 nitrogen and oxygen atoms in total. The van der Waals surface area contributed by atoms with Crippen LogP contribution in [0, 0.1) is 0 Å². The van der Waals surface area contributed by atoms with Crippen molar-refractivity contribution < 1.29 is 9.63 Å². The number of nitrogens with zero attached hydrogens (tertiary/aromatic N) is 1. The maximum absolute atomic E-state index is 10.9. The number of halogens is 2. The Bertz CT molecular complexity index is 493. The number of amides is 1. The second-order valence-electron chi connectivity index (χ2n) is 4.14. The zero-order valence-corrected chi connectivity index (χ0v) is 13.1. The van der Waals surface area contributed by atoms with Crippen molar-refractivity contribution in [1.29, 1.82) is 0 Å². The molecule has 0 spiro atoms. The maximum Gasteiger partial charge on any atom is 0.433 e. The molecule has 0 bridgehead atoms. The van der Waals surface area contributed by atoms with Gasteiger partial charge in [-0.2, -0.15) is 0 Å². The van der Waals surface area contributed by atoms with Crippen molar-refractivity contribution in [2.24, 2.45) is 5.16 Å². The van der Waals surface area contributed by atoms with Crippen LogP contribution >= 0.6 is 35.0 Å². The first-order chi connectivity index (χ1) is 8.84. The first-order valence-corrected chi connectivity index (χ1v) is 6.98. The van der Waals surface area contributed by atoms with Gasteiger partial charge in [0.25, 0.3) is 0 Å². The van der Waals surface area contributed by atoms with Crippen LogP contribution in [0.5, 0.6) is 0 Å². The molecule has 1 N–H and O–H groups in total. The smallest absolute Gasteiger partial charge is 0.323 e. The van der Waals surface area contributed by atoms with E-state index in [9.17, 15) is 4.79 Å². The largest absolute Gasteiger partial charge is 0.433 e. The Hall–Kier alpha value is -0.910. The van der Waals surface area contributed by atoms with Crippen molar-refractivity contribution in [3.8, 4) is 0 Å². The maximum atomic E-state index is 10.9. The fourth-order valence-corrected chi connectivity index (χ4v) is 2.59. The molecule has 0 aliphatic heterocycles. The third kappa shape index (κ3) is 5.72. The Morgan fingerprint density at radius 1 is 1.47 bits per heavy atom. The molecular weight excluding hydrogens is 307 g/mol. The number of nitrogens with one attached hydrogen (secondary N) is 1. The van der Waals surface area contributed by atoms with Crippen LogP contribution in [0.15, 0.2) is 28.3 Å². The lowest BCUT2D eigenvalue weighted by atomic mass is 10.2. The molecule has 0 saturated heterocycles. The topological polar surface area (TPSA) is 50.7 Å². The Balaban J connectivity index is 2.70. The van der Waals surface area contributed by atoms with Crippen LogP contribution in [-0.4, -0.2) is 24.1 Å². The molecule has 1 aromatic rings. The molecule has 0 aliphatic carbocycles. The van der Waals surface area contributed by atoms with Crippen LogP contribution in [0.3, 0.4) is 0 Å². The number of rotatable bonds is 4. The van der Waals surface area contributed by atoms with Gasteiger partial charge in [0, 0.05) is 17.0 Å². The molecule has 0 saturated carbocycles. The van der Waals surface area contributed by atoms with Gasteiger partial charge in [-0.15, -0.1) is 11.8 Å². The molecule has 1 rings (SSSR count). The zero-order valence-electron chi connectivity index (χ0n) is 10.7. The highest BCUT2D eigenvalue weighted by molar-refractivity contribution is 8.01. The van der Waals surface area contributed by atoms with Gasteiger partial charge in [-0.05, 0) is 32.0 Å². The molecule has 7 heteroatoms. The van der Waals surface area contributed by atoms with Gasteiger partial charge in [-0.25, -0.2) is 4.79 Å². The monoisotopic (exact) mass is 320 g/mol. The average molecular weight is 321 g/mol. The lowest BCUT2D eigenvalue weighted by molar-refractivity contribution is 0.153.